The minimum atomic E-state index is 0. The van der Waals surface area contributed by atoms with E-state index in [1.54, 1.807) is 0 Å². The summed E-state index contributed by atoms with van der Waals surface area (Å²) in [6.45, 7) is 0. The molecule has 2 fully saturated rings. The number of hydrogen-bond acceptors (Lipinski definition) is 4. The minimum Gasteiger partial charge on any atom is -0.326 e. The molecule has 0 amide bonds. The lowest BCUT2D eigenvalue weighted by atomic mass is 10.1. The molecule has 0 heterocycles. The van der Waals surface area contributed by atoms with Gasteiger partial charge < -0.3 is 22.9 Å². The van der Waals surface area contributed by atoms with Gasteiger partial charge in [0.25, 0.3) is 0 Å². The van der Waals surface area contributed by atoms with E-state index in [9.17, 15) is 0 Å². The van der Waals surface area contributed by atoms with Gasteiger partial charge in [-0.15, -0.1) is 12.4 Å². The first-order chi connectivity index (χ1) is 8.61. The van der Waals surface area contributed by atoms with Crippen molar-refractivity contribution in [3.63, 3.8) is 0 Å². The van der Waals surface area contributed by atoms with E-state index in [-0.39, 0.29) is 36.6 Å². The number of nitrogens with two attached hydrogens (primary N) is 4. The molecule has 0 spiro atoms. The molecule has 5 heteroatoms. The van der Waals surface area contributed by atoms with Crippen LogP contribution in [0.25, 0.3) is 0 Å². The van der Waals surface area contributed by atoms with Gasteiger partial charge in [-0.25, -0.2) is 0 Å². The maximum Gasteiger partial charge on any atom is 0.0192 e. The highest BCUT2D eigenvalue weighted by Crippen LogP contribution is 2.15. The van der Waals surface area contributed by atoms with Gasteiger partial charge in [-0.1, -0.05) is 38.5 Å². The topological polar surface area (TPSA) is 104 Å². The second kappa shape index (κ2) is 10.9. The van der Waals surface area contributed by atoms with Crippen LogP contribution in [0.3, 0.4) is 0 Å². The summed E-state index contributed by atoms with van der Waals surface area (Å²) < 4.78 is 0. The second-order valence-corrected chi connectivity index (χ2v) is 5.93. The molecule has 2 aliphatic carbocycles. The van der Waals surface area contributed by atoms with Gasteiger partial charge in [0.1, 0.15) is 0 Å². The van der Waals surface area contributed by atoms with Crippen LogP contribution in [0.15, 0.2) is 0 Å². The molecule has 0 aromatic heterocycles. The average molecular weight is 293 g/mol. The molecule has 2 saturated carbocycles. The Labute approximate surface area is 124 Å². The van der Waals surface area contributed by atoms with Crippen molar-refractivity contribution in [2.24, 2.45) is 22.9 Å². The van der Waals surface area contributed by atoms with Crippen molar-refractivity contribution in [1.82, 2.24) is 0 Å². The van der Waals surface area contributed by atoms with Gasteiger partial charge in [0.05, 0.1) is 0 Å². The van der Waals surface area contributed by atoms with Gasteiger partial charge in [-0.05, 0) is 25.7 Å². The first-order valence-electron chi connectivity index (χ1n) is 7.63. The Kier molecular flexibility index (Phi) is 10.9. The van der Waals surface area contributed by atoms with Crippen molar-refractivity contribution >= 4 is 12.4 Å². The van der Waals surface area contributed by atoms with Crippen molar-refractivity contribution < 1.29 is 0 Å². The van der Waals surface area contributed by atoms with Gasteiger partial charge in [0, 0.05) is 24.2 Å². The molecule has 2 aliphatic rings. The second-order valence-electron chi connectivity index (χ2n) is 5.93. The lowest BCUT2D eigenvalue weighted by Crippen LogP contribution is -2.40. The summed E-state index contributed by atoms with van der Waals surface area (Å²) in [5.41, 5.74) is 23.0. The Morgan fingerprint density at radius 3 is 0.842 bits per heavy atom. The van der Waals surface area contributed by atoms with E-state index in [1.807, 2.05) is 0 Å². The largest absolute Gasteiger partial charge is 0.326 e. The molecule has 0 radical (unpaired) electrons. The van der Waals surface area contributed by atoms with Crippen molar-refractivity contribution in [2.45, 2.75) is 88.4 Å². The van der Waals surface area contributed by atoms with E-state index in [1.165, 1.54) is 38.5 Å². The van der Waals surface area contributed by atoms with Gasteiger partial charge in [-0.3, -0.25) is 0 Å². The molecule has 0 aromatic rings. The Bertz CT molecular complexity index is 174. The molecule has 0 saturated heterocycles. The van der Waals surface area contributed by atoms with Crippen molar-refractivity contribution in [2.75, 3.05) is 0 Å². The van der Waals surface area contributed by atoms with Crippen molar-refractivity contribution in [3.05, 3.63) is 0 Å². The van der Waals surface area contributed by atoms with Crippen LogP contribution in [0, 0.1) is 0 Å². The molecule has 4 atom stereocenters. The maximum absolute atomic E-state index is 5.75. The quantitative estimate of drug-likeness (QED) is 0.509. The normalized spacial score (nSPS) is 36.0. The molecular formula is C14H33ClN4. The van der Waals surface area contributed by atoms with Gasteiger partial charge >= 0.3 is 0 Å². The van der Waals surface area contributed by atoms with E-state index in [0.717, 1.165) is 25.7 Å². The third-order valence-corrected chi connectivity index (χ3v) is 4.25. The van der Waals surface area contributed by atoms with E-state index in [2.05, 4.69) is 0 Å². The predicted molar refractivity (Wildman–Crippen MR) is 85.3 cm³/mol. The third kappa shape index (κ3) is 8.10. The molecule has 19 heavy (non-hydrogen) atoms. The van der Waals surface area contributed by atoms with E-state index in [4.69, 9.17) is 22.9 Å². The molecule has 8 N–H and O–H groups in total. The Morgan fingerprint density at radius 2 is 0.632 bits per heavy atom. The first kappa shape index (κ1) is 19.1. The zero-order chi connectivity index (χ0) is 13.4. The monoisotopic (exact) mass is 292 g/mol. The summed E-state index contributed by atoms with van der Waals surface area (Å²) in [6.07, 6.45) is 12.2. The molecule has 0 aliphatic heterocycles. The summed E-state index contributed by atoms with van der Waals surface area (Å²) in [7, 11) is 0. The summed E-state index contributed by atoms with van der Waals surface area (Å²) in [5.74, 6) is 0. The highest BCUT2D eigenvalue weighted by Gasteiger charge is 2.15. The summed E-state index contributed by atoms with van der Waals surface area (Å²) >= 11 is 0. The lowest BCUT2D eigenvalue weighted by molar-refractivity contribution is 0.500. The van der Waals surface area contributed by atoms with Crippen LogP contribution in [0.4, 0.5) is 0 Å². The fraction of sp³-hybridized carbons (Fsp3) is 1.00. The van der Waals surface area contributed by atoms with Gasteiger partial charge in [-0.2, -0.15) is 0 Å². The first-order valence-corrected chi connectivity index (χ1v) is 7.63. The van der Waals surface area contributed by atoms with Crippen LogP contribution in [0.2, 0.25) is 0 Å². The highest BCUT2D eigenvalue weighted by atomic mass is 35.5. The Morgan fingerprint density at radius 1 is 0.421 bits per heavy atom. The average Bonchev–Trinajstić information content (AvgIpc) is 2.65. The summed E-state index contributed by atoms with van der Waals surface area (Å²) in [6, 6.07) is 1.08. The molecular weight excluding hydrogens is 260 g/mol. The number of hydrogen-bond donors (Lipinski definition) is 4. The van der Waals surface area contributed by atoms with E-state index >= 15 is 0 Å². The fourth-order valence-electron chi connectivity index (χ4n) is 2.73. The zero-order valence-corrected chi connectivity index (χ0v) is 12.9. The van der Waals surface area contributed by atoms with Crippen LogP contribution >= 0.6 is 12.4 Å². The van der Waals surface area contributed by atoms with Crippen molar-refractivity contribution in [3.8, 4) is 0 Å². The van der Waals surface area contributed by atoms with Crippen LogP contribution in [0.5, 0.6) is 0 Å². The Hall–Kier alpha value is 0.130. The van der Waals surface area contributed by atoms with E-state index < -0.39 is 0 Å². The van der Waals surface area contributed by atoms with Crippen LogP contribution in [-0.4, -0.2) is 24.2 Å². The molecule has 4 nitrogen and oxygen atoms in total. The molecule has 0 bridgehead atoms. The molecule has 116 valence electrons. The predicted octanol–water partition coefficient (Wildman–Crippen LogP) is 1.63. The SMILES string of the molecule is Cl.NC1CCCCCC1N.NC1CCCCCC1N. The van der Waals surface area contributed by atoms with Crippen LogP contribution < -0.4 is 22.9 Å². The number of rotatable bonds is 0. The minimum absolute atomic E-state index is 0. The van der Waals surface area contributed by atoms with Crippen LogP contribution in [-0.2, 0) is 0 Å². The zero-order valence-electron chi connectivity index (χ0n) is 12.1. The Balaban J connectivity index is 0.000000324. The smallest absolute Gasteiger partial charge is 0.0192 e. The third-order valence-electron chi connectivity index (χ3n) is 4.25. The van der Waals surface area contributed by atoms with E-state index in [0.29, 0.717) is 0 Å². The lowest BCUT2D eigenvalue weighted by Gasteiger charge is -2.14. The summed E-state index contributed by atoms with van der Waals surface area (Å²) in [4.78, 5) is 0. The standard InChI is InChI=1S/2C7H16N2.ClH/c2*8-6-4-2-1-3-5-7(6)9;/h2*6-7H,1-5,8-9H2;1H. The summed E-state index contributed by atoms with van der Waals surface area (Å²) in [5, 5.41) is 0. The van der Waals surface area contributed by atoms with Crippen molar-refractivity contribution in [1.29, 1.82) is 0 Å². The highest BCUT2D eigenvalue weighted by molar-refractivity contribution is 5.85. The van der Waals surface area contributed by atoms with Crippen LogP contribution in [0.1, 0.15) is 64.2 Å². The van der Waals surface area contributed by atoms with Gasteiger partial charge in [0.15, 0.2) is 0 Å². The maximum atomic E-state index is 5.75. The van der Waals surface area contributed by atoms with Gasteiger partial charge in [0.2, 0.25) is 0 Å². The number of halogens is 1. The molecule has 4 unspecified atom stereocenters. The fourth-order valence-corrected chi connectivity index (χ4v) is 2.73. The molecule has 0 aromatic carbocycles. The molecule has 2 rings (SSSR count).